The number of nitrogens with one attached hydrogen (secondary N) is 1. The number of benzene rings is 1. The monoisotopic (exact) mass is 220 g/mol. The van der Waals surface area contributed by atoms with Gasteiger partial charge < -0.3 is 4.42 Å². The summed E-state index contributed by atoms with van der Waals surface area (Å²) in [6.07, 6.45) is 3.20. The van der Waals surface area contributed by atoms with E-state index in [-0.39, 0.29) is 0 Å². The van der Waals surface area contributed by atoms with Gasteiger partial charge in [0, 0.05) is 5.02 Å². The molecule has 0 radical (unpaired) electrons. The lowest BCUT2D eigenvalue weighted by Crippen LogP contribution is -1.88. The number of nitrogens with zero attached hydrogens (tertiary/aromatic N) is 1. The molecule has 15 heavy (non-hydrogen) atoms. The first-order valence-corrected chi connectivity index (χ1v) is 4.80. The molecule has 0 atom stereocenters. The standard InChI is InChI=1S/C11H9ClN2O/c12-9-3-1-4-10(7-9)14-13-8-11-5-2-6-15-11/h1-8,14H. The second kappa shape index (κ2) is 4.66. The first kappa shape index (κ1) is 9.80. The minimum absolute atomic E-state index is 0.674. The van der Waals surface area contributed by atoms with E-state index in [0.717, 1.165) is 5.69 Å². The maximum absolute atomic E-state index is 5.81. The molecule has 1 heterocycles. The average molecular weight is 221 g/mol. The van der Waals surface area contributed by atoms with Crippen LogP contribution in [-0.4, -0.2) is 6.21 Å². The van der Waals surface area contributed by atoms with E-state index < -0.39 is 0 Å². The summed E-state index contributed by atoms with van der Waals surface area (Å²) < 4.78 is 5.08. The van der Waals surface area contributed by atoms with Crippen molar-refractivity contribution in [1.82, 2.24) is 0 Å². The summed E-state index contributed by atoms with van der Waals surface area (Å²) in [6.45, 7) is 0. The van der Waals surface area contributed by atoms with Gasteiger partial charge in [0.25, 0.3) is 0 Å². The molecule has 0 amide bonds. The van der Waals surface area contributed by atoms with E-state index in [1.54, 1.807) is 24.6 Å². The van der Waals surface area contributed by atoms with Crippen LogP contribution in [0.4, 0.5) is 5.69 Å². The third-order valence-corrected chi connectivity index (χ3v) is 1.99. The Morgan fingerprint density at radius 2 is 2.20 bits per heavy atom. The third-order valence-electron chi connectivity index (χ3n) is 1.75. The van der Waals surface area contributed by atoms with Crippen molar-refractivity contribution >= 4 is 23.5 Å². The summed E-state index contributed by atoms with van der Waals surface area (Å²) in [5, 5.41) is 4.67. The van der Waals surface area contributed by atoms with E-state index >= 15 is 0 Å². The minimum Gasteiger partial charge on any atom is -0.463 e. The van der Waals surface area contributed by atoms with Crippen molar-refractivity contribution in [2.24, 2.45) is 5.10 Å². The van der Waals surface area contributed by atoms with Crippen LogP contribution in [0.3, 0.4) is 0 Å². The molecule has 0 aliphatic rings. The van der Waals surface area contributed by atoms with Crippen LogP contribution in [0.2, 0.25) is 5.02 Å². The summed E-state index contributed by atoms with van der Waals surface area (Å²) in [4.78, 5) is 0. The molecule has 0 aliphatic heterocycles. The number of rotatable bonds is 3. The molecule has 2 aromatic rings. The van der Waals surface area contributed by atoms with E-state index in [9.17, 15) is 0 Å². The number of hydrogen-bond donors (Lipinski definition) is 1. The van der Waals surface area contributed by atoms with Crippen LogP contribution in [0.5, 0.6) is 0 Å². The highest BCUT2D eigenvalue weighted by Gasteiger charge is 1.91. The number of hydrazone groups is 1. The van der Waals surface area contributed by atoms with Crippen molar-refractivity contribution in [3.63, 3.8) is 0 Å². The first-order chi connectivity index (χ1) is 7.34. The van der Waals surface area contributed by atoms with Crippen LogP contribution in [0.1, 0.15) is 5.76 Å². The molecule has 76 valence electrons. The smallest absolute Gasteiger partial charge is 0.146 e. The van der Waals surface area contributed by atoms with Gasteiger partial charge in [0.05, 0.1) is 18.2 Å². The quantitative estimate of drug-likeness (QED) is 0.636. The average Bonchev–Trinajstić information content (AvgIpc) is 2.71. The Labute approximate surface area is 92.4 Å². The van der Waals surface area contributed by atoms with Gasteiger partial charge in [0.15, 0.2) is 0 Å². The van der Waals surface area contributed by atoms with Crippen LogP contribution >= 0.6 is 11.6 Å². The van der Waals surface area contributed by atoms with E-state index in [0.29, 0.717) is 10.8 Å². The molecule has 1 N–H and O–H groups in total. The van der Waals surface area contributed by atoms with Crippen LogP contribution in [0.25, 0.3) is 0 Å². The van der Waals surface area contributed by atoms with Crippen molar-refractivity contribution in [2.75, 3.05) is 5.43 Å². The fraction of sp³-hybridized carbons (Fsp3) is 0. The molecule has 0 spiro atoms. The Morgan fingerprint density at radius 3 is 2.93 bits per heavy atom. The summed E-state index contributed by atoms with van der Waals surface area (Å²) in [7, 11) is 0. The summed E-state index contributed by atoms with van der Waals surface area (Å²) in [5.74, 6) is 0.699. The lowest BCUT2D eigenvalue weighted by atomic mass is 10.3. The molecule has 1 aromatic carbocycles. The molecule has 1 aromatic heterocycles. The SMILES string of the molecule is Clc1cccc(NN=Cc2ccco2)c1. The molecule has 0 saturated heterocycles. The molecule has 4 heteroatoms. The van der Waals surface area contributed by atoms with Crippen molar-refractivity contribution in [1.29, 1.82) is 0 Å². The Bertz CT molecular complexity index is 451. The van der Waals surface area contributed by atoms with Crippen molar-refractivity contribution < 1.29 is 4.42 Å². The van der Waals surface area contributed by atoms with Gasteiger partial charge >= 0.3 is 0 Å². The minimum atomic E-state index is 0.674. The van der Waals surface area contributed by atoms with E-state index in [1.165, 1.54) is 0 Å². The van der Waals surface area contributed by atoms with Crippen molar-refractivity contribution in [3.8, 4) is 0 Å². The molecule has 0 fully saturated rings. The number of hydrogen-bond acceptors (Lipinski definition) is 3. The van der Waals surface area contributed by atoms with Crippen molar-refractivity contribution in [3.05, 3.63) is 53.4 Å². The van der Waals surface area contributed by atoms with Crippen molar-refractivity contribution in [2.45, 2.75) is 0 Å². The van der Waals surface area contributed by atoms with Gasteiger partial charge in [0.1, 0.15) is 5.76 Å². The number of anilines is 1. The number of furan rings is 1. The van der Waals surface area contributed by atoms with Gasteiger partial charge in [-0.25, -0.2) is 0 Å². The van der Waals surface area contributed by atoms with E-state index in [1.807, 2.05) is 24.3 Å². The molecular formula is C11H9ClN2O. The van der Waals surface area contributed by atoms with Crippen LogP contribution in [-0.2, 0) is 0 Å². The Kier molecular flexibility index (Phi) is 3.05. The third kappa shape index (κ3) is 2.86. The highest BCUT2D eigenvalue weighted by atomic mass is 35.5. The maximum atomic E-state index is 5.81. The topological polar surface area (TPSA) is 37.5 Å². The fourth-order valence-corrected chi connectivity index (χ4v) is 1.28. The van der Waals surface area contributed by atoms with E-state index in [2.05, 4.69) is 10.5 Å². The predicted molar refractivity (Wildman–Crippen MR) is 61.4 cm³/mol. The predicted octanol–water partition coefficient (Wildman–Crippen LogP) is 3.38. The fourth-order valence-electron chi connectivity index (χ4n) is 1.09. The zero-order valence-corrected chi connectivity index (χ0v) is 8.61. The van der Waals surface area contributed by atoms with Gasteiger partial charge in [-0.2, -0.15) is 5.10 Å². The highest BCUT2D eigenvalue weighted by Crippen LogP contribution is 2.14. The van der Waals surface area contributed by atoms with Gasteiger partial charge in [-0.05, 0) is 30.3 Å². The zero-order valence-electron chi connectivity index (χ0n) is 7.85. The Balaban J connectivity index is 1.99. The molecule has 0 bridgehead atoms. The molecule has 0 unspecified atom stereocenters. The van der Waals surface area contributed by atoms with Crippen LogP contribution in [0.15, 0.2) is 52.2 Å². The first-order valence-electron chi connectivity index (χ1n) is 4.43. The van der Waals surface area contributed by atoms with Crippen LogP contribution < -0.4 is 5.43 Å². The van der Waals surface area contributed by atoms with Gasteiger partial charge in [0.2, 0.25) is 0 Å². The normalized spacial score (nSPS) is 10.7. The maximum Gasteiger partial charge on any atom is 0.146 e. The zero-order chi connectivity index (χ0) is 10.5. The second-order valence-corrected chi connectivity index (χ2v) is 3.33. The molecule has 0 saturated carbocycles. The lowest BCUT2D eigenvalue weighted by molar-refractivity contribution is 0.560. The molecule has 2 rings (SSSR count). The van der Waals surface area contributed by atoms with Crippen LogP contribution in [0, 0.1) is 0 Å². The lowest BCUT2D eigenvalue weighted by Gasteiger charge is -1.98. The largest absolute Gasteiger partial charge is 0.463 e. The Morgan fingerprint density at radius 1 is 1.27 bits per heavy atom. The van der Waals surface area contributed by atoms with E-state index in [4.69, 9.17) is 16.0 Å². The second-order valence-electron chi connectivity index (χ2n) is 2.90. The molecule has 0 aliphatic carbocycles. The summed E-state index contributed by atoms with van der Waals surface area (Å²) in [6, 6.07) is 11.0. The Hall–Kier alpha value is -1.74. The number of halogens is 1. The molecule has 3 nitrogen and oxygen atoms in total. The summed E-state index contributed by atoms with van der Waals surface area (Å²) in [5.41, 5.74) is 3.69. The molecular weight excluding hydrogens is 212 g/mol. The highest BCUT2D eigenvalue weighted by molar-refractivity contribution is 6.30. The van der Waals surface area contributed by atoms with Gasteiger partial charge in [-0.15, -0.1) is 0 Å². The van der Waals surface area contributed by atoms with Gasteiger partial charge in [-0.3, -0.25) is 5.43 Å². The summed E-state index contributed by atoms with van der Waals surface area (Å²) >= 11 is 5.81. The van der Waals surface area contributed by atoms with Gasteiger partial charge in [-0.1, -0.05) is 17.7 Å².